The molecular weight excluding hydrogens is 292 g/mol. The highest BCUT2D eigenvalue weighted by Crippen LogP contribution is 2.09. The van der Waals surface area contributed by atoms with Gasteiger partial charge in [-0.3, -0.25) is 0 Å². The second kappa shape index (κ2) is 8.95. The lowest BCUT2D eigenvalue weighted by Crippen LogP contribution is -2.37. The van der Waals surface area contributed by atoms with Gasteiger partial charge in [-0.05, 0) is 25.5 Å². The summed E-state index contributed by atoms with van der Waals surface area (Å²) in [6.07, 6.45) is 4.54. The molecule has 6 nitrogen and oxygen atoms in total. The number of hydrogen-bond donors (Lipinski definition) is 1. The molecule has 0 unspecified atom stereocenters. The number of benzene rings is 1. The van der Waals surface area contributed by atoms with E-state index in [1.165, 1.54) is 0 Å². The summed E-state index contributed by atoms with van der Waals surface area (Å²) in [7, 11) is 1.78. The number of amides is 2. The minimum absolute atomic E-state index is 0.0889. The number of ether oxygens (including phenoxy) is 1. The standard InChI is InChI=1S/C17H24N4O2/c1-3-23-11-7-10-18-17(22)20(2)13-15-12-19-21(14-15)16-8-5-4-6-9-16/h4-6,8-9,12,14H,3,7,10-11,13H2,1-2H3,(H,18,22). The van der Waals surface area contributed by atoms with Gasteiger partial charge in [0.05, 0.1) is 18.4 Å². The zero-order valence-electron chi connectivity index (χ0n) is 13.7. The first kappa shape index (κ1) is 17.0. The lowest BCUT2D eigenvalue weighted by molar-refractivity contribution is 0.144. The quantitative estimate of drug-likeness (QED) is 0.761. The van der Waals surface area contributed by atoms with Gasteiger partial charge in [-0.2, -0.15) is 5.10 Å². The first-order chi connectivity index (χ1) is 11.2. The van der Waals surface area contributed by atoms with Crippen LogP contribution in [0.15, 0.2) is 42.7 Å². The molecule has 0 radical (unpaired) electrons. The van der Waals surface area contributed by atoms with Crippen LogP contribution in [-0.2, 0) is 11.3 Å². The number of nitrogens with one attached hydrogen (secondary N) is 1. The van der Waals surface area contributed by atoms with E-state index in [4.69, 9.17) is 4.74 Å². The smallest absolute Gasteiger partial charge is 0.317 e. The van der Waals surface area contributed by atoms with Crippen molar-refractivity contribution in [1.82, 2.24) is 20.0 Å². The molecule has 2 amide bonds. The Kier molecular flexibility index (Phi) is 6.62. The van der Waals surface area contributed by atoms with Gasteiger partial charge in [0.2, 0.25) is 0 Å². The fourth-order valence-corrected chi connectivity index (χ4v) is 2.16. The summed E-state index contributed by atoms with van der Waals surface area (Å²) in [6.45, 7) is 4.47. The second-order valence-electron chi connectivity index (χ2n) is 5.27. The van der Waals surface area contributed by atoms with Crippen LogP contribution in [-0.4, -0.2) is 47.5 Å². The van der Waals surface area contributed by atoms with E-state index < -0.39 is 0 Å². The molecule has 1 N–H and O–H groups in total. The third-order valence-electron chi connectivity index (χ3n) is 3.37. The Morgan fingerprint density at radius 1 is 1.35 bits per heavy atom. The van der Waals surface area contributed by atoms with E-state index in [1.54, 1.807) is 18.1 Å². The Hall–Kier alpha value is -2.34. The topological polar surface area (TPSA) is 59.4 Å². The number of nitrogens with zero attached hydrogens (tertiary/aromatic N) is 3. The van der Waals surface area contributed by atoms with Crippen LogP contribution in [0.3, 0.4) is 0 Å². The SMILES string of the molecule is CCOCCCNC(=O)N(C)Cc1cnn(-c2ccccc2)c1. The van der Waals surface area contributed by atoms with Gasteiger partial charge in [0, 0.05) is 38.6 Å². The van der Waals surface area contributed by atoms with E-state index in [0.717, 1.165) is 17.7 Å². The summed E-state index contributed by atoms with van der Waals surface area (Å²) in [4.78, 5) is 13.6. The minimum atomic E-state index is -0.0889. The molecule has 1 heterocycles. The Balaban J connectivity index is 1.80. The Morgan fingerprint density at radius 3 is 2.87 bits per heavy atom. The van der Waals surface area contributed by atoms with E-state index in [1.807, 2.05) is 48.1 Å². The van der Waals surface area contributed by atoms with Crippen molar-refractivity contribution in [3.63, 3.8) is 0 Å². The molecular formula is C17H24N4O2. The highest BCUT2D eigenvalue weighted by Gasteiger charge is 2.10. The number of carbonyl (C=O) groups is 1. The predicted octanol–water partition coefficient (Wildman–Crippen LogP) is 2.44. The maximum atomic E-state index is 12.0. The molecule has 0 aliphatic heterocycles. The van der Waals surface area contributed by atoms with Crippen molar-refractivity contribution in [2.45, 2.75) is 19.9 Å². The van der Waals surface area contributed by atoms with Crippen LogP contribution in [0.25, 0.3) is 5.69 Å². The zero-order valence-corrected chi connectivity index (χ0v) is 13.7. The van der Waals surface area contributed by atoms with Gasteiger partial charge in [0.25, 0.3) is 0 Å². The number of carbonyl (C=O) groups excluding carboxylic acids is 1. The maximum Gasteiger partial charge on any atom is 0.317 e. The maximum absolute atomic E-state index is 12.0. The van der Waals surface area contributed by atoms with E-state index in [2.05, 4.69) is 10.4 Å². The lowest BCUT2D eigenvalue weighted by Gasteiger charge is -2.17. The van der Waals surface area contributed by atoms with Crippen molar-refractivity contribution < 1.29 is 9.53 Å². The average Bonchev–Trinajstić information content (AvgIpc) is 3.03. The molecule has 0 aliphatic carbocycles. The van der Waals surface area contributed by atoms with Crippen LogP contribution in [0.4, 0.5) is 4.79 Å². The summed E-state index contributed by atoms with van der Waals surface area (Å²) in [5, 5.41) is 7.22. The molecule has 0 fully saturated rings. The highest BCUT2D eigenvalue weighted by molar-refractivity contribution is 5.73. The highest BCUT2D eigenvalue weighted by atomic mass is 16.5. The molecule has 0 bridgehead atoms. The van der Waals surface area contributed by atoms with E-state index >= 15 is 0 Å². The average molecular weight is 316 g/mol. The molecule has 124 valence electrons. The van der Waals surface area contributed by atoms with Crippen molar-refractivity contribution in [2.75, 3.05) is 26.8 Å². The van der Waals surface area contributed by atoms with Gasteiger partial charge < -0.3 is 15.0 Å². The van der Waals surface area contributed by atoms with E-state index in [9.17, 15) is 4.79 Å². The van der Waals surface area contributed by atoms with Gasteiger partial charge in [0.1, 0.15) is 0 Å². The molecule has 1 aromatic heterocycles. The van der Waals surface area contributed by atoms with E-state index in [0.29, 0.717) is 26.3 Å². The van der Waals surface area contributed by atoms with Gasteiger partial charge in [-0.1, -0.05) is 18.2 Å². The fraction of sp³-hybridized carbons (Fsp3) is 0.412. The molecule has 0 aliphatic rings. The zero-order chi connectivity index (χ0) is 16.5. The van der Waals surface area contributed by atoms with Crippen LogP contribution in [0, 0.1) is 0 Å². The number of hydrogen-bond acceptors (Lipinski definition) is 3. The lowest BCUT2D eigenvalue weighted by atomic mass is 10.3. The van der Waals surface area contributed by atoms with Crippen LogP contribution >= 0.6 is 0 Å². The van der Waals surface area contributed by atoms with Crippen molar-refractivity contribution in [3.8, 4) is 5.69 Å². The van der Waals surface area contributed by atoms with Gasteiger partial charge >= 0.3 is 6.03 Å². The summed E-state index contributed by atoms with van der Waals surface area (Å²) in [6, 6.07) is 9.81. The van der Waals surface area contributed by atoms with Gasteiger partial charge in [-0.15, -0.1) is 0 Å². The molecule has 2 aromatic rings. The van der Waals surface area contributed by atoms with Crippen LogP contribution in [0.1, 0.15) is 18.9 Å². The van der Waals surface area contributed by atoms with Crippen LogP contribution < -0.4 is 5.32 Å². The summed E-state index contributed by atoms with van der Waals surface area (Å²) in [5.74, 6) is 0. The third-order valence-corrected chi connectivity index (χ3v) is 3.37. The molecule has 6 heteroatoms. The van der Waals surface area contributed by atoms with Crippen molar-refractivity contribution in [1.29, 1.82) is 0 Å². The minimum Gasteiger partial charge on any atom is -0.382 e. The van der Waals surface area contributed by atoms with E-state index in [-0.39, 0.29) is 6.03 Å². The van der Waals surface area contributed by atoms with Crippen molar-refractivity contribution >= 4 is 6.03 Å². The Bertz CT molecular complexity index is 598. The van der Waals surface area contributed by atoms with Crippen molar-refractivity contribution in [2.24, 2.45) is 0 Å². The first-order valence-corrected chi connectivity index (χ1v) is 7.86. The molecule has 1 aromatic carbocycles. The molecule has 23 heavy (non-hydrogen) atoms. The van der Waals surface area contributed by atoms with Gasteiger partial charge in [0.15, 0.2) is 0 Å². The normalized spacial score (nSPS) is 10.5. The number of para-hydroxylation sites is 1. The number of rotatable bonds is 8. The number of aromatic nitrogens is 2. The second-order valence-corrected chi connectivity index (χ2v) is 5.27. The van der Waals surface area contributed by atoms with Crippen LogP contribution in [0.2, 0.25) is 0 Å². The third kappa shape index (κ3) is 5.41. The Labute approximate surface area is 137 Å². The number of urea groups is 1. The summed E-state index contributed by atoms with van der Waals surface area (Å²) in [5.41, 5.74) is 1.99. The largest absolute Gasteiger partial charge is 0.382 e. The Morgan fingerprint density at radius 2 is 2.13 bits per heavy atom. The molecule has 0 spiro atoms. The van der Waals surface area contributed by atoms with Gasteiger partial charge in [-0.25, -0.2) is 9.48 Å². The fourth-order valence-electron chi connectivity index (χ4n) is 2.16. The first-order valence-electron chi connectivity index (χ1n) is 7.86. The summed E-state index contributed by atoms with van der Waals surface area (Å²) < 4.78 is 7.05. The predicted molar refractivity (Wildman–Crippen MR) is 89.5 cm³/mol. The van der Waals surface area contributed by atoms with Crippen LogP contribution in [0.5, 0.6) is 0 Å². The summed E-state index contributed by atoms with van der Waals surface area (Å²) >= 11 is 0. The molecule has 0 saturated carbocycles. The molecule has 0 atom stereocenters. The van der Waals surface area contributed by atoms with Crippen molar-refractivity contribution in [3.05, 3.63) is 48.3 Å². The monoisotopic (exact) mass is 316 g/mol. The molecule has 0 saturated heterocycles. The molecule has 2 rings (SSSR count).